The summed E-state index contributed by atoms with van der Waals surface area (Å²) in [4.78, 5) is 16.8. The lowest BCUT2D eigenvalue weighted by Crippen LogP contribution is -2.16. The number of aryl methyl sites for hydroxylation is 2. The number of nitrogens with zero attached hydrogens (tertiary/aromatic N) is 3. The number of amides is 1. The Balaban J connectivity index is 1.96. The van der Waals surface area contributed by atoms with Gasteiger partial charge in [0.1, 0.15) is 0 Å². The molecule has 2 aromatic heterocycles. The summed E-state index contributed by atoms with van der Waals surface area (Å²) in [6.45, 7) is 7.59. The standard InChI is InChI=1S/C21H21F3N4O/c1-12(2)19-16(20(29)27-17-9-13(3)5-6-14(17)4)11-26-28(19)18-8-7-15(10-25-18)21(22,23)24/h5-12H,1-4H3,(H,27,29). The minimum Gasteiger partial charge on any atom is -0.322 e. The van der Waals surface area contributed by atoms with Crippen LogP contribution >= 0.6 is 0 Å². The van der Waals surface area contributed by atoms with E-state index in [1.807, 2.05) is 45.9 Å². The van der Waals surface area contributed by atoms with Gasteiger partial charge in [0, 0.05) is 11.9 Å². The average molecular weight is 402 g/mol. The SMILES string of the molecule is Cc1ccc(C)c(NC(=O)c2cnn(-c3ccc(C(F)(F)F)cn3)c2C(C)C)c1. The molecule has 0 fully saturated rings. The zero-order valence-corrected chi connectivity index (χ0v) is 16.5. The van der Waals surface area contributed by atoms with Crippen molar-refractivity contribution in [3.05, 3.63) is 70.7 Å². The minimum atomic E-state index is -4.47. The quantitative estimate of drug-likeness (QED) is 0.646. The number of hydrogen-bond acceptors (Lipinski definition) is 3. The zero-order valence-electron chi connectivity index (χ0n) is 16.5. The molecular weight excluding hydrogens is 381 g/mol. The van der Waals surface area contributed by atoms with Crippen molar-refractivity contribution < 1.29 is 18.0 Å². The number of nitrogens with one attached hydrogen (secondary N) is 1. The molecule has 5 nitrogen and oxygen atoms in total. The van der Waals surface area contributed by atoms with Crippen molar-refractivity contribution >= 4 is 11.6 Å². The Labute approximate surface area is 166 Å². The molecule has 0 aliphatic carbocycles. The van der Waals surface area contributed by atoms with E-state index >= 15 is 0 Å². The Morgan fingerprint density at radius 2 is 1.83 bits per heavy atom. The molecule has 0 atom stereocenters. The van der Waals surface area contributed by atoms with Gasteiger partial charge in [0.2, 0.25) is 0 Å². The summed E-state index contributed by atoms with van der Waals surface area (Å²) in [6, 6.07) is 7.95. The molecule has 152 valence electrons. The Morgan fingerprint density at radius 3 is 2.41 bits per heavy atom. The summed E-state index contributed by atoms with van der Waals surface area (Å²) in [5.41, 5.74) is 2.71. The number of pyridine rings is 1. The van der Waals surface area contributed by atoms with Crippen LogP contribution in [0.1, 0.15) is 52.5 Å². The van der Waals surface area contributed by atoms with Gasteiger partial charge in [0.15, 0.2) is 5.82 Å². The highest BCUT2D eigenvalue weighted by Gasteiger charge is 2.31. The van der Waals surface area contributed by atoms with Crippen molar-refractivity contribution in [1.29, 1.82) is 0 Å². The van der Waals surface area contributed by atoms with E-state index in [0.717, 1.165) is 23.4 Å². The maximum atomic E-state index is 12.9. The number of carbonyl (C=O) groups is 1. The molecular formula is C21H21F3N4O. The molecule has 0 bridgehead atoms. The number of rotatable bonds is 4. The van der Waals surface area contributed by atoms with Crippen molar-refractivity contribution in [2.45, 2.75) is 39.8 Å². The second kappa shape index (κ2) is 7.69. The third-order valence-corrected chi connectivity index (χ3v) is 4.53. The van der Waals surface area contributed by atoms with Crippen LogP contribution in [0.25, 0.3) is 5.82 Å². The first-order valence-corrected chi connectivity index (χ1v) is 9.08. The van der Waals surface area contributed by atoms with Crippen molar-refractivity contribution in [1.82, 2.24) is 14.8 Å². The van der Waals surface area contributed by atoms with Crippen LogP contribution in [-0.2, 0) is 6.18 Å². The summed E-state index contributed by atoms with van der Waals surface area (Å²) in [5.74, 6) is -0.228. The average Bonchev–Trinajstić information content (AvgIpc) is 3.09. The third-order valence-electron chi connectivity index (χ3n) is 4.53. The Hall–Kier alpha value is -3.16. The fraction of sp³-hybridized carbons (Fsp3) is 0.286. The molecule has 3 aromatic rings. The number of alkyl halides is 3. The largest absolute Gasteiger partial charge is 0.417 e. The molecule has 2 heterocycles. The molecule has 1 aromatic carbocycles. The van der Waals surface area contributed by atoms with Gasteiger partial charge < -0.3 is 5.32 Å². The fourth-order valence-electron chi connectivity index (χ4n) is 3.01. The maximum absolute atomic E-state index is 12.9. The summed E-state index contributed by atoms with van der Waals surface area (Å²) < 4.78 is 39.8. The first-order chi connectivity index (χ1) is 13.6. The molecule has 1 N–H and O–H groups in total. The highest BCUT2D eigenvalue weighted by atomic mass is 19.4. The van der Waals surface area contributed by atoms with Gasteiger partial charge in [-0.05, 0) is 49.1 Å². The van der Waals surface area contributed by atoms with Crippen LogP contribution < -0.4 is 5.32 Å². The number of aromatic nitrogens is 3. The lowest BCUT2D eigenvalue weighted by Gasteiger charge is -2.14. The van der Waals surface area contributed by atoms with Crippen LogP contribution in [0.3, 0.4) is 0 Å². The van der Waals surface area contributed by atoms with Crippen LogP contribution in [0.2, 0.25) is 0 Å². The number of anilines is 1. The van der Waals surface area contributed by atoms with E-state index in [2.05, 4.69) is 15.4 Å². The second-order valence-electron chi connectivity index (χ2n) is 7.19. The fourth-order valence-corrected chi connectivity index (χ4v) is 3.01. The predicted octanol–water partition coefficient (Wildman–Crippen LogP) is 5.28. The highest BCUT2D eigenvalue weighted by Crippen LogP contribution is 2.30. The van der Waals surface area contributed by atoms with Crippen molar-refractivity contribution in [2.24, 2.45) is 0 Å². The molecule has 1 amide bonds. The van der Waals surface area contributed by atoms with Gasteiger partial charge in [-0.2, -0.15) is 18.3 Å². The van der Waals surface area contributed by atoms with Crippen molar-refractivity contribution in [2.75, 3.05) is 5.32 Å². The monoisotopic (exact) mass is 402 g/mol. The zero-order chi connectivity index (χ0) is 21.3. The first kappa shape index (κ1) is 20.6. The summed E-state index contributed by atoms with van der Waals surface area (Å²) >= 11 is 0. The Morgan fingerprint density at radius 1 is 1.10 bits per heavy atom. The topological polar surface area (TPSA) is 59.8 Å². The molecule has 0 spiro atoms. The third kappa shape index (κ3) is 4.31. The lowest BCUT2D eigenvalue weighted by molar-refractivity contribution is -0.137. The highest BCUT2D eigenvalue weighted by molar-refractivity contribution is 6.05. The Kier molecular flexibility index (Phi) is 5.46. The van der Waals surface area contributed by atoms with Gasteiger partial charge in [-0.1, -0.05) is 26.0 Å². The minimum absolute atomic E-state index is 0.110. The van der Waals surface area contributed by atoms with Crippen molar-refractivity contribution in [3.63, 3.8) is 0 Å². The van der Waals surface area contributed by atoms with E-state index in [1.54, 1.807) is 0 Å². The van der Waals surface area contributed by atoms with E-state index in [9.17, 15) is 18.0 Å². The number of hydrogen-bond donors (Lipinski definition) is 1. The van der Waals surface area contributed by atoms with Gasteiger partial charge in [-0.25, -0.2) is 9.67 Å². The van der Waals surface area contributed by atoms with E-state index in [-0.39, 0.29) is 17.6 Å². The van der Waals surface area contributed by atoms with Crippen LogP contribution in [0.4, 0.5) is 18.9 Å². The van der Waals surface area contributed by atoms with Gasteiger partial charge in [-0.3, -0.25) is 4.79 Å². The summed E-state index contributed by atoms with van der Waals surface area (Å²) in [5, 5.41) is 7.11. The first-order valence-electron chi connectivity index (χ1n) is 9.08. The van der Waals surface area contributed by atoms with Gasteiger partial charge in [-0.15, -0.1) is 0 Å². The smallest absolute Gasteiger partial charge is 0.322 e. The number of halogens is 3. The predicted molar refractivity (Wildman–Crippen MR) is 104 cm³/mol. The molecule has 0 radical (unpaired) electrons. The van der Waals surface area contributed by atoms with Crippen LogP contribution in [0, 0.1) is 13.8 Å². The number of benzene rings is 1. The van der Waals surface area contributed by atoms with Crippen LogP contribution in [-0.4, -0.2) is 20.7 Å². The van der Waals surface area contributed by atoms with Gasteiger partial charge >= 0.3 is 6.18 Å². The normalized spacial score (nSPS) is 11.7. The van der Waals surface area contributed by atoms with Gasteiger partial charge in [0.05, 0.1) is 23.0 Å². The molecule has 0 saturated carbocycles. The molecule has 0 aliphatic rings. The summed E-state index contributed by atoms with van der Waals surface area (Å²) in [6.07, 6.45) is -2.29. The van der Waals surface area contributed by atoms with E-state index < -0.39 is 11.7 Å². The molecule has 8 heteroatoms. The van der Waals surface area contributed by atoms with E-state index in [0.29, 0.717) is 16.9 Å². The summed E-state index contributed by atoms with van der Waals surface area (Å²) in [7, 11) is 0. The molecule has 0 saturated heterocycles. The second-order valence-corrected chi connectivity index (χ2v) is 7.19. The van der Waals surface area contributed by atoms with Crippen molar-refractivity contribution in [3.8, 4) is 5.82 Å². The lowest BCUT2D eigenvalue weighted by atomic mass is 10.0. The van der Waals surface area contributed by atoms with Crippen LogP contribution in [0.15, 0.2) is 42.7 Å². The van der Waals surface area contributed by atoms with Crippen LogP contribution in [0.5, 0.6) is 0 Å². The number of carbonyl (C=O) groups excluding carboxylic acids is 1. The van der Waals surface area contributed by atoms with E-state index in [1.165, 1.54) is 16.9 Å². The molecule has 3 rings (SSSR count). The maximum Gasteiger partial charge on any atom is 0.417 e. The molecule has 29 heavy (non-hydrogen) atoms. The molecule has 0 aliphatic heterocycles. The Bertz CT molecular complexity index is 1040. The molecule has 0 unspecified atom stereocenters. The van der Waals surface area contributed by atoms with E-state index in [4.69, 9.17) is 0 Å². The van der Waals surface area contributed by atoms with Gasteiger partial charge in [0.25, 0.3) is 5.91 Å².